The van der Waals surface area contributed by atoms with Crippen molar-refractivity contribution in [2.75, 3.05) is 39.5 Å². The summed E-state index contributed by atoms with van der Waals surface area (Å²) in [7, 11) is 0. The maximum atomic E-state index is 12.9. The van der Waals surface area contributed by atoms with Crippen LogP contribution >= 0.6 is 0 Å². The maximum absolute atomic E-state index is 12.9. The van der Waals surface area contributed by atoms with Gasteiger partial charge in [-0.05, 0) is 33.8 Å². The Balaban J connectivity index is 1.77. The first-order valence-corrected chi connectivity index (χ1v) is 9.17. The molecule has 8 nitrogen and oxygen atoms in total. The molecule has 26 heavy (non-hydrogen) atoms. The van der Waals surface area contributed by atoms with Crippen LogP contribution in [0, 0.1) is 0 Å². The Bertz CT molecular complexity index is 672. The number of aromatic nitrogens is 2. The van der Waals surface area contributed by atoms with Gasteiger partial charge in [-0.2, -0.15) is 5.10 Å². The van der Waals surface area contributed by atoms with E-state index >= 15 is 0 Å². The third kappa shape index (κ3) is 3.76. The van der Waals surface area contributed by atoms with Crippen molar-refractivity contribution in [1.29, 1.82) is 0 Å². The largest absolute Gasteiger partial charge is 0.368 e. The zero-order valence-electron chi connectivity index (χ0n) is 16.0. The van der Waals surface area contributed by atoms with Crippen molar-refractivity contribution in [3.05, 3.63) is 18.0 Å². The van der Waals surface area contributed by atoms with Gasteiger partial charge in [-0.25, -0.2) is 0 Å². The zero-order valence-corrected chi connectivity index (χ0v) is 16.0. The van der Waals surface area contributed by atoms with E-state index in [1.54, 1.807) is 20.5 Å². The van der Waals surface area contributed by atoms with Crippen LogP contribution in [0.1, 0.15) is 44.2 Å². The van der Waals surface area contributed by atoms with Crippen molar-refractivity contribution in [2.45, 2.75) is 45.4 Å². The highest BCUT2D eigenvalue weighted by Crippen LogP contribution is 2.25. The lowest BCUT2D eigenvalue weighted by Crippen LogP contribution is -2.60. The molecule has 2 saturated heterocycles. The predicted molar refractivity (Wildman–Crippen MR) is 94.9 cm³/mol. The monoisotopic (exact) mass is 364 g/mol. The minimum Gasteiger partial charge on any atom is -0.368 e. The second kappa shape index (κ2) is 7.36. The second-order valence-corrected chi connectivity index (χ2v) is 7.64. The maximum Gasteiger partial charge on any atom is 0.274 e. The molecule has 3 rings (SSSR count). The molecule has 0 saturated carbocycles. The Hall–Kier alpha value is -1.93. The quantitative estimate of drug-likeness (QED) is 0.798. The van der Waals surface area contributed by atoms with Crippen molar-refractivity contribution >= 4 is 11.8 Å². The first kappa shape index (κ1) is 18.8. The Labute approximate surface area is 154 Å². The number of morpholine rings is 1. The van der Waals surface area contributed by atoms with E-state index in [1.807, 2.05) is 33.9 Å². The van der Waals surface area contributed by atoms with Crippen LogP contribution in [0.15, 0.2) is 12.3 Å². The van der Waals surface area contributed by atoms with Crippen LogP contribution in [0.3, 0.4) is 0 Å². The van der Waals surface area contributed by atoms with Gasteiger partial charge in [0, 0.05) is 24.8 Å². The molecular weight excluding hydrogens is 336 g/mol. The molecule has 0 N–H and O–H groups in total. The van der Waals surface area contributed by atoms with Crippen molar-refractivity contribution in [3.8, 4) is 0 Å². The summed E-state index contributed by atoms with van der Waals surface area (Å²) >= 11 is 0. The molecule has 1 spiro atoms. The predicted octanol–water partition coefficient (Wildman–Crippen LogP) is 0.942. The number of ether oxygens (including phenoxy) is 2. The van der Waals surface area contributed by atoms with E-state index in [1.165, 1.54) is 0 Å². The minimum absolute atomic E-state index is 0.0420. The van der Waals surface area contributed by atoms with E-state index in [0.717, 1.165) is 0 Å². The topological polar surface area (TPSA) is 76.9 Å². The number of amides is 2. The van der Waals surface area contributed by atoms with Gasteiger partial charge in [-0.15, -0.1) is 0 Å². The molecule has 2 aliphatic rings. The molecule has 0 aromatic carbocycles. The number of carbonyl (C=O) groups excluding carboxylic acids is 2. The molecular formula is C18H28N4O4. The van der Waals surface area contributed by atoms with Crippen LogP contribution in [-0.2, 0) is 14.3 Å². The Kier molecular flexibility index (Phi) is 5.34. The molecule has 1 aromatic heterocycles. The molecule has 3 heterocycles. The number of hydrogen-bond acceptors (Lipinski definition) is 5. The van der Waals surface area contributed by atoms with Crippen LogP contribution < -0.4 is 0 Å². The fourth-order valence-corrected chi connectivity index (χ4v) is 3.42. The molecule has 1 unspecified atom stereocenters. The van der Waals surface area contributed by atoms with Gasteiger partial charge in [0.2, 0.25) is 5.91 Å². The second-order valence-electron chi connectivity index (χ2n) is 7.64. The molecule has 2 amide bonds. The van der Waals surface area contributed by atoms with E-state index in [9.17, 15) is 9.59 Å². The van der Waals surface area contributed by atoms with Crippen molar-refractivity contribution in [1.82, 2.24) is 19.6 Å². The smallest absolute Gasteiger partial charge is 0.274 e. The Morgan fingerprint density at radius 3 is 2.65 bits per heavy atom. The minimum atomic E-state index is -0.690. The first-order valence-electron chi connectivity index (χ1n) is 9.17. The van der Waals surface area contributed by atoms with E-state index in [-0.39, 0.29) is 30.5 Å². The number of rotatable bonds is 3. The van der Waals surface area contributed by atoms with Gasteiger partial charge in [0.25, 0.3) is 5.91 Å². The fraction of sp³-hybridized carbons (Fsp3) is 0.722. The summed E-state index contributed by atoms with van der Waals surface area (Å²) < 4.78 is 13.4. The standard InChI is InChI=1S/C18H28N4O4/c1-13(2)21-11-18(12-25-9-16(21)23)10-20(7-8-26-18)17(24)15-5-6-22(19-15)14(3)4/h5-6,13-14H,7-12H2,1-4H3. The summed E-state index contributed by atoms with van der Waals surface area (Å²) in [5.74, 6) is -0.154. The molecule has 0 radical (unpaired) electrons. The molecule has 2 fully saturated rings. The van der Waals surface area contributed by atoms with E-state index in [4.69, 9.17) is 9.47 Å². The average Bonchev–Trinajstić information content (AvgIpc) is 3.03. The lowest BCUT2D eigenvalue weighted by Gasteiger charge is -2.43. The van der Waals surface area contributed by atoms with Gasteiger partial charge < -0.3 is 19.3 Å². The van der Waals surface area contributed by atoms with Gasteiger partial charge in [0.05, 0.1) is 26.3 Å². The van der Waals surface area contributed by atoms with Gasteiger partial charge in [0.15, 0.2) is 0 Å². The molecule has 2 aliphatic heterocycles. The average molecular weight is 364 g/mol. The summed E-state index contributed by atoms with van der Waals surface area (Å²) in [5, 5.41) is 4.38. The summed E-state index contributed by atoms with van der Waals surface area (Å²) in [6, 6.07) is 2.00. The first-order chi connectivity index (χ1) is 12.3. The molecule has 1 aromatic rings. The Morgan fingerprint density at radius 2 is 2.00 bits per heavy atom. The molecule has 0 aliphatic carbocycles. The van der Waals surface area contributed by atoms with Gasteiger partial charge in [-0.1, -0.05) is 0 Å². The molecule has 8 heteroatoms. The summed E-state index contributed by atoms with van der Waals surface area (Å²) in [6.45, 7) is 10.1. The Morgan fingerprint density at radius 1 is 1.23 bits per heavy atom. The third-order valence-electron chi connectivity index (χ3n) is 4.89. The van der Waals surface area contributed by atoms with Gasteiger partial charge >= 0.3 is 0 Å². The van der Waals surface area contributed by atoms with E-state index in [2.05, 4.69) is 5.10 Å². The van der Waals surface area contributed by atoms with Gasteiger partial charge in [-0.3, -0.25) is 14.3 Å². The lowest BCUT2D eigenvalue weighted by molar-refractivity contribution is -0.140. The number of carbonyl (C=O) groups is 2. The number of nitrogens with zero attached hydrogens (tertiary/aromatic N) is 4. The van der Waals surface area contributed by atoms with Crippen molar-refractivity contribution in [3.63, 3.8) is 0 Å². The van der Waals surface area contributed by atoms with Crippen molar-refractivity contribution in [2.24, 2.45) is 0 Å². The van der Waals surface area contributed by atoms with Crippen LogP contribution in [0.25, 0.3) is 0 Å². The van der Waals surface area contributed by atoms with Crippen LogP contribution in [0.5, 0.6) is 0 Å². The van der Waals surface area contributed by atoms with Crippen LogP contribution in [0.2, 0.25) is 0 Å². The van der Waals surface area contributed by atoms with E-state index < -0.39 is 5.60 Å². The summed E-state index contributed by atoms with van der Waals surface area (Å²) in [6.07, 6.45) is 1.82. The molecule has 1 atom stereocenters. The highest BCUT2D eigenvalue weighted by Gasteiger charge is 2.44. The highest BCUT2D eigenvalue weighted by molar-refractivity contribution is 5.92. The van der Waals surface area contributed by atoms with Gasteiger partial charge in [0.1, 0.15) is 17.9 Å². The third-order valence-corrected chi connectivity index (χ3v) is 4.89. The van der Waals surface area contributed by atoms with E-state index in [0.29, 0.717) is 38.5 Å². The normalized spacial score (nSPS) is 24.6. The summed E-state index contributed by atoms with van der Waals surface area (Å²) in [4.78, 5) is 28.7. The SMILES string of the molecule is CC(C)N1CC2(COCC1=O)CN(C(=O)c1ccn(C(C)C)n1)CCO2. The molecule has 144 valence electrons. The zero-order chi connectivity index (χ0) is 18.9. The number of hydrogen-bond donors (Lipinski definition) is 0. The van der Waals surface area contributed by atoms with Crippen molar-refractivity contribution < 1.29 is 19.1 Å². The fourth-order valence-electron chi connectivity index (χ4n) is 3.42. The molecule has 0 bridgehead atoms. The highest BCUT2D eigenvalue weighted by atomic mass is 16.5. The van der Waals surface area contributed by atoms with Crippen LogP contribution in [0.4, 0.5) is 0 Å². The summed E-state index contributed by atoms with van der Waals surface area (Å²) in [5.41, 5.74) is -0.257. The lowest BCUT2D eigenvalue weighted by atomic mass is 10.0. The van der Waals surface area contributed by atoms with Crippen LogP contribution in [-0.4, -0.2) is 82.5 Å².